The first kappa shape index (κ1) is 14.8. The maximum atomic E-state index is 11.8. The molecule has 110 valence electrons. The van der Waals surface area contributed by atoms with Crippen LogP contribution in [0.2, 0.25) is 0 Å². The van der Waals surface area contributed by atoms with Gasteiger partial charge >= 0.3 is 17.9 Å². The lowest BCUT2D eigenvalue weighted by Crippen LogP contribution is -2.41. The summed E-state index contributed by atoms with van der Waals surface area (Å²) in [5, 5.41) is 9.06. The smallest absolute Gasteiger partial charge is 0.348 e. The number of carboxylic acids is 1. The van der Waals surface area contributed by atoms with Gasteiger partial charge in [0.1, 0.15) is 5.57 Å². The molecule has 1 saturated heterocycles. The molecule has 1 aliphatic rings. The highest BCUT2D eigenvalue weighted by Crippen LogP contribution is 2.24. The fourth-order valence-corrected chi connectivity index (χ4v) is 1.90. The average Bonchev–Trinajstić information content (AvgIpc) is 2.34. The number of rotatable bonds is 2. The van der Waals surface area contributed by atoms with Crippen LogP contribution >= 0.6 is 0 Å². The Hall–Kier alpha value is -2.63. The van der Waals surface area contributed by atoms with E-state index in [9.17, 15) is 14.4 Å². The molecule has 1 aromatic rings. The quantitative estimate of drug-likeness (QED) is 0.508. The van der Waals surface area contributed by atoms with Crippen LogP contribution in [0.1, 0.15) is 35.3 Å². The normalized spacial score (nSPS) is 17.0. The van der Waals surface area contributed by atoms with E-state index >= 15 is 0 Å². The van der Waals surface area contributed by atoms with Crippen LogP contribution in [0.15, 0.2) is 23.8 Å². The van der Waals surface area contributed by atoms with Crippen LogP contribution in [0.25, 0.3) is 6.08 Å². The molecule has 1 aliphatic heterocycles. The molecule has 6 heteroatoms. The van der Waals surface area contributed by atoms with Crippen LogP contribution < -0.4 is 0 Å². The zero-order valence-corrected chi connectivity index (χ0v) is 11.8. The maximum absolute atomic E-state index is 11.8. The van der Waals surface area contributed by atoms with Gasteiger partial charge in [-0.05, 0) is 30.2 Å². The number of aromatic carboxylic acids is 1. The van der Waals surface area contributed by atoms with Crippen LogP contribution in [0.5, 0.6) is 0 Å². The van der Waals surface area contributed by atoms with Crippen molar-refractivity contribution in [3.8, 4) is 0 Å². The number of hydrogen-bond acceptors (Lipinski definition) is 5. The summed E-state index contributed by atoms with van der Waals surface area (Å²) in [6.45, 7) is 4.56. The number of benzene rings is 1. The molecule has 1 aromatic carbocycles. The van der Waals surface area contributed by atoms with E-state index in [0.717, 1.165) is 0 Å². The van der Waals surface area contributed by atoms with E-state index < -0.39 is 23.7 Å². The van der Waals surface area contributed by atoms with Crippen molar-refractivity contribution in [1.82, 2.24) is 0 Å². The van der Waals surface area contributed by atoms with Gasteiger partial charge < -0.3 is 14.6 Å². The Bertz CT molecular complexity index is 647. The summed E-state index contributed by atoms with van der Waals surface area (Å²) in [6, 6.07) is 4.58. The van der Waals surface area contributed by atoms with Crippen molar-refractivity contribution in [2.75, 3.05) is 0 Å². The van der Waals surface area contributed by atoms with Gasteiger partial charge in [0.15, 0.2) is 0 Å². The molecule has 0 saturated carbocycles. The third kappa shape index (κ3) is 3.10. The second-order valence-corrected chi connectivity index (χ2v) is 5.12. The van der Waals surface area contributed by atoms with E-state index in [1.807, 2.05) is 0 Å². The summed E-state index contributed by atoms with van der Waals surface area (Å²) in [5.41, 5.74) is 0.818. The fourth-order valence-electron chi connectivity index (χ4n) is 1.90. The van der Waals surface area contributed by atoms with Gasteiger partial charge in [0.05, 0.1) is 5.56 Å². The minimum absolute atomic E-state index is 0.0993. The van der Waals surface area contributed by atoms with Crippen molar-refractivity contribution in [2.24, 2.45) is 0 Å². The largest absolute Gasteiger partial charge is 0.478 e. The second-order valence-electron chi connectivity index (χ2n) is 5.12. The molecule has 1 heterocycles. The number of hydrogen-bond donors (Lipinski definition) is 1. The Kier molecular flexibility index (Phi) is 3.55. The molecule has 0 amide bonds. The van der Waals surface area contributed by atoms with E-state index in [1.54, 1.807) is 19.1 Å². The highest BCUT2D eigenvalue weighted by atomic mass is 16.7. The number of esters is 2. The zero-order chi connectivity index (χ0) is 15.8. The summed E-state index contributed by atoms with van der Waals surface area (Å²) in [5.74, 6) is -3.98. The van der Waals surface area contributed by atoms with Crippen LogP contribution in [-0.2, 0) is 19.1 Å². The molecule has 0 bridgehead atoms. The van der Waals surface area contributed by atoms with Gasteiger partial charge in [-0.15, -0.1) is 0 Å². The molecule has 21 heavy (non-hydrogen) atoms. The molecule has 0 unspecified atom stereocenters. The number of aryl methyl sites for hydroxylation is 1. The lowest BCUT2D eigenvalue weighted by molar-refractivity contribution is -0.222. The van der Waals surface area contributed by atoms with Gasteiger partial charge in [-0.2, -0.15) is 0 Å². The highest BCUT2D eigenvalue weighted by molar-refractivity contribution is 6.18. The predicted molar refractivity (Wildman–Crippen MR) is 72.4 cm³/mol. The Morgan fingerprint density at radius 1 is 1.19 bits per heavy atom. The first-order valence-corrected chi connectivity index (χ1v) is 6.22. The monoisotopic (exact) mass is 290 g/mol. The van der Waals surface area contributed by atoms with Crippen LogP contribution in [0.4, 0.5) is 0 Å². The van der Waals surface area contributed by atoms with E-state index in [1.165, 1.54) is 26.0 Å². The van der Waals surface area contributed by atoms with Crippen molar-refractivity contribution >= 4 is 24.0 Å². The lowest BCUT2D eigenvalue weighted by atomic mass is 10.0. The van der Waals surface area contributed by atoms with E-state index in [4.69, 9.17) is 14.6 Å². The lowest BCUT2D eigenvalue weighted by Gasteiger charge is -2.29. The third-order valence-corrected chi connectivity index (χ3v) is 2.92. The summed E-state index contributed by atoms with van der Waals surface area (Å²) >= 11 is 0. The van der Waals surface area contributed by atoms with Crippen molar-refractivity contribution in [3.05, 3.63) is 40.5 Å². The molecule has 6 nitrogen and oxygen atoms in total. The first-order valence-electron chi connectivity index (χ1n) is 6.22. The molecule has 1 N–H and O–H groups in total. The molecular formula is C15H14O6. The molecule has 1 fully saturated rings. The van der Waals surface area contributed by atoms with Crippen LogP contribution in [-0.4, -0.2) is 28.8 Å². The van der Waals surface area contributed by atoms with Gasteiger partial charge in [-0.3, -0.25) is 0 Å². The summed E-state index contributed by atoms with van der Waals surface area (Å²) in [6.07, 6.45) is 1.26. The van der Waals surface area contributed by atoms with E-state index in [2.05, 4.69) is 0 Å². The van der Waals surface area contributed by atoms with Gasteiger partial charge in [-0.1, -0.05) is 12.1 Å². The highest BCUT2D eigenvalue weighted by Gasteiger charge is 2.38. The molecule has 0 spiro atoms. The van der Waals surface area contributed by atoms with E-state index in [-0.39, 0.29) is 11.1 Å². The minimum Gasteiger partial charge on any atom is -0.478 e. The summed E-state index contributed by atoms with van der Waals surface area (Å²) < 4.78 is 9.93. The minimum atomic E-state index is -1.30. The average molecular weight is 290 g/mol. The SMILES string of the molecule is Cc1ccc(C=C2C(=O)OC(C)(C)OC2=O)cc1C(=O)O. The number of carbonyl (C=O) groups is 3. The summed E-state index contributed by atoms with van der Waals surface area (Å²) in [4.78, 5) is 34.7. The van der Waals surface area contributed by atoms with Crippen molar-refractivity contribution in [3.63, 3.8) is 0 Å². The third-order valence-electron chi connectivity index (χ3n) is 2.92. The Morgan fingerprint density at radius 2 is 1.76 bits per heavy atom. The second kappa shape index (κ2) is 5.05. The van der Waals surface area contributed by atoms with Crippen molar-refractivity contribution in [1.29, 1.82) is 0 Å². The Balaban J connectivity index is 2.40. The fraction of sp³-hybridized carbons (Fsp3) is 0.267. The molecule has 0 radical (unpaired) electrons. The zero-order valence-electron chi connectivity index (χ0n) is 11.8. The number of cyclic esters (lactones) is 2. The summed E-state index contributed by atoms with van der Waals surface area (Å²) in [7, 11) is 0. The predicted octanol–water partition coefficient (Wildman–Crippen LogP) is 1.91. The Morgan fingerprint density at radius 3 is 2.29 bits per heavy atom. The molecule has 0 atom stereocenters. The number of carboxylic acid groups (broad SMARTS) is 1. The van der Waals surface area contributed by atoms with Crippen LogP contribution in [0.3, 0.4) is 0 Å². The van der Waals surface area contributed by atoms with Crippen LogP contribution in [0, 0.1) is 6.92 Å². The van der Waals surface area contributed by atoms with Gasteiger partial charge in [0.2, 0.25) is 0 Å². The molecule has 0 aromatic heterocycles. The van der Waals surface area contributed by atoms with Gasteiger partial charge in [0.25, 0.3) is 5.79 Å². The van der Waals surface area contributed by atoms with Gasteiger partial charge in [0, 0.05) is 13.8 Å². The Labute approximate surface area is 121 Å². The topological polar surface area (TPSA) is 89.9 Å². The van der Waals surface area contributed by atoms with Crippen molar-refractivity contribution < 1.29 is 29.0 Å². The standard InChI is InChI=1S/C15H14O6/c1-8-4-5-9(6-10(8)12(16)17)7-11-13(18)20-15(2,3)21-14(11)19/h4-7H,1-3H3,(H,16,17). The first-order chi connectivity index (χ1) is 9.69. The number of ether oxygens (including phenoxy) is 2. The maximum Gasteiger partial charge on any atom is 0.348 e. The van der Waals surface area contributed by atoms with E-state index in [0.29, 0.717) is 11.1 Å². The molecule has 2 rings (SSSR count). The molecular weight excluding hydrogens is 276 g/mol. The number of carbonyl (C=O) groups excluding carboxylic acids is 2. The van der Waals surface area contributed by atoms with Crippen molar-refractivity contribution in [2.45, 2.75) is 26.6 Å². The molecule has 0 aliphatic carbocycles. The van der Waals surface area contributed by atoms with Gasteiger partial charge in [-0.25, -0.2) is 14.4 Å².